The van der Waals surface area contributed by atoms with Crippen LogP contribution in [0, 0.1) is 17.0 Å². The molecule has 0 saturated carbocycles. The van der Waals surface area contributed by atoms with Gasteiger partial charge in [-0.1, -0.05) is 51.1 Å². The minimum atomic E-state index is -1.22. The lowest BCUT2D eigenvalue weighted by Crippen LogP contribution is -2.48. The van der Waals surface area contributed by atoms with Crippen LogP contribution >= 0.6 is 11.8 Å². The highest BCUT2D eigenvalue weighted by atomic mass is 32.2. The van der Waals surface area contributed by atoms with E-state index in [1.54, 1.807) is 12.3 Å². The first-order chi connectivity index (χ1) is 25.0. The number of rotatable bonds is 17. The zero-order valence-electron chi connectivity index (χ0n) is 29.8. The van der Waals surface area contributed by atoms with Crippen LogP contribution in [-0.4, -0.2) is 104 Å². The highest BCUT2D eigenvalue weighted by Crippen LogP contribution is 2.41. The van der Waals surface area contributed by atoms with E-state index in [1.807, 2.05) is 55.7 Å². The van der Waals surface area contributed by atoms with E-state index >= 15 is 4.39 Å². The lowest BCUT2D eigenvalue weighted by atomic mass is 9.82. The van der Waals surface area contributed by atoms with Gasteiger partial charge in [-0.15, -0.1) is 11.8 Å². The number of imide groups is 1. The number of hydrogen-bond donors (Lipinski definition) is 5. The summed E-state index contributed by atoms with van der Waals surface area (Å²) in [4.78, 5) is 65.1. The highest BCUT2D eigenvalue weighted by molar-refractivity contribution is 8.00. The number of aliphatic carboxylic acids is 1. The van der Waals surface area contributed by atoms with E-state index in [0.29, 0.717) is 17.8 Å². The number of hydrogen-bond acceptors (Lipinski definition) is 9. The first kappa shape index (κ1) is 41.1. The molecule has 0 aliphatic carbocycles. The van der Waals surface area contributed by atoms with Crippen LogP contribution < -0.4 is 16.8 Å². The van der Waals surface area contributed by atoms with Crippen LogP contribution in [0.2, 0.25) is 0 Å². The standard InChI is InChI=1S/C37H46F2N6O7S/c1-37(2,3)33(29-15-23(25-16-24(38)9-10-26(25)39)19-43(29)18-22-7-5-4-6-8-22)44(32(48)20-46)13-11-27(40)34(49)42-12-14-45-31(47)17-30(35(45)50)53-21-28(41)36(51)52/h4-10,15-16,19,27-28,30,33,46H,11-14,17-18,20-21,40-41H2,1-3H3,(H,42,49)(H,51,52)/t27-,28-,30+,33-/m0/s1. The van der Waals surface area contributed by atoms with Gasteiger partial charge in [0.05, 0.1) is 17.3 Å². The summed E-state index contributed by atoms with van der Waals surface area (Å²) in [5.74, 6) is -4.68. The zero-order chi connectivity index (χ0) is 39.0. The van der Waals surface area contributed by atoms with Gasteiger partial charge in [-0.3, -0.25) is 28.9 Å². The van der Waals surface area contributed by atoms with E-state index in [4.69, 9.17) is 16.6 Å². The topological polar surface area (TPSA) is 201 Å². The first-order valence-electron chi connectivity index (χ1n) is 17.1. The molecule has 1 aliphatic rings. The molecule has 7 N–H and O–H groups in total. The number of thioether (sulfide) groups is 1. The Morgan fingerprint density at radius 1 is 1.06 bits per heavy atom. The lowest BCUT2D eigenvalue weighted by Gasteiger charge is -2.41. The van der Waals surface area contributed by atoms with Crippen LogP contribution in [0.4, 0.5) is 8.78 Å². The fraction of sp³-hybridized carbons (Fsp3) is 0.432. The Morgan fingerprint density at radius 3 is 2.40 bits per heavy atom. The molecule has 0 spiro atoms. The molecule has 3 aromatic rings. The van der Waals surface area contributed by atoms with Gasteiger partial charge in [0.15, 0.2) is 0 Å². The number of halogens is 2. The molecule has 1 aromatic heterocycles. The van der Waals surface area contributed by atoms with Crippen molar-refractivity contribution in [2.45, 2.75) is 63.5 Å². The summed E-state index contributed by atoms with van der Waals surface area (Å²) in [5, 5.41) is 20.9. The van der Waals surface area contributed by atoms with Gasteiger partial charge in [0, 0.05) is 61.4 Å². The number of nitrogens with one attached hydrogen (secondary N) is 1. The van der Waals surface area contributed by atoms with E-state index in [-0.39, 0.29) is 43.8 Å². The van der Waals surface area contributed by atoms with Gasteiger partial charge < -0.3 is 36.5 Å². The molecule has 0 bridgehead atoms. The first-order valence-corrected chi connectivity index (χ1v) is 18.1. The summed E-state index contributed by atoms with van der Waals surface area (Å²) in [5.41, 5.74) is 13.0. The molecule has 4 rings (SSSR count). The lowest BCUT2D eigenvalue weighted by molar-refractivity contribution is -0.140. The second-order valence-electron chi connectivity index (χ2n) is 13.9. The number of likely N-dealkylation sites (tertiary alicyclic amines) is 1. The highest BCUT2D eigenvalue weighted by Gasteiger charge is 2.40. The molecule has 286 valence electrons. The van der Waals surface area contributed by atoms with Crippen molar-refractivity contribution in [1.29, 1.82) is 0 Å². The van der Waals surface area contributed by atoms with Crippen molar-refractivity contribution in [3.8, 4) is 11.1 Å². The summed E-state index contributed by atoms with van der Waals surface area (Å²) in [6.07, 6.45) is 1.56. The van der Waals surface area contributed by atoms with Crippen LogP contribution in [0.5, 0.6) is 0 Å². The van der Waals surface area contributed by atoms with Crippen LogP contribution in [0.15, 0.2) is 60.8 Å². The Morgan fingerprint density at radius 2 is 1.75 bits per heavy atom. The summed E-state index contributed by atoms with van der Waals surface area (Å²) < 4.78 is 31.2. The third-order valence-corrected chi connectivity index (χ3v) is 10.2. The Labute approximate surface area is 310 Å². The molecule has 4 amide bonds. The number of aromatic nitrogens is 1. The summed E-state index contributed by atoms with van der Waals surface area (Å²) >= 11 is 0.990. The molecule has 1 aliphatic heterocycles. The van der Waals surface area contributed by atoms with Crippen molar-refractivity contribution in [2.24, 2.45) is 16.9 Å². The van der Waals surface area contributed by atoms with Crippen molar-refractivity contribution in [1.82, 2.24) is 19.7 Å². The monoisotopic (exact) mass is 756 g/mol. The number of aliphatic hydroxyl groups excluding tert-OH is 1. The average molecular weight is 757 g/mol. The number of carbonyl (C=O) groups excluding carboxylic acids is 4. The van der Waals surface area contributed by atoms with Crippen LogP contribution in [0.25, 0.3) is 11.1 Å². The third kappa shape index (κ3) is 10.5. The number of carboxylic acid groups (broad SMARTS) is 1. The van der Waals surface area contributed by atoms with E-state index in [0.717, 1.165) is 40.4 Å². The minimum Gasteiger partial charge on any atom is -0.480 e. The fourth-order valence-electron chi connectivity index (χ4n) is 6.24. The van der Waals surface area contributed by atoms with Crippen LogP contribution in [-0.2, 0) is 30.5 Å². The predicted molar refractivity (Wildman–Crippen MR) is 195 cm³/mol. The van der Waals surface area contributed by atoms with Crippen molar-refractivity contribution in [3.05, 3.63) is 83.7 Å². The number of benzene rings is 2. The van der Waals surface area contributed by atoms with Crippen LogP contribution in [0.1, 0.15) is 50.9 Å². The number of carboxylic acids is 1. The van der Waals surface area contributed by atoms with E-state index in [1.165, 1.54) is 4.90 Å². The maximum absolute atomic E-state index is 15.0. The molecule has 13 nitrogen and oxygen atoms in total. The fourth-order valence-corrected chi connectivity index (χ4v) is 7.35. The molecule has 2 aromatic carbocycles. The van der Waals surface area contributed by atoms with Crippen molar-refractivity contribution in [3.63, 3.8) is 0 Å². The second-order valence-corrected chi connectivity index (χ2v) is 15.2. The maximum Gasteiger partial charge on any atom is 0.321 e. The summed E-state index contributed by atoms with van der Waals surface area (Å²) in [6, 6.07) is 11.3. The number of carbonyl (C=O) groups is 5. The molecule has 0 unspecified atom stereocenters. The van der Waals surface area contributed by atoms with Gasteiger partial charge >= 0.3 is 5.97 Å². The molecular formula is C37H46F2N6O7S. The van der Waals surface area contributed by atoms with Gasteiger partial charge in [0.25, 0.3) is 0 Å². The summed E-state index contributed by atoms with van der Waals surface area (Å²) in [7, 11) is 0. The van der Waals surface area contributed by atoms with E-state index in [9.17, 15) is 33.5 Å². The quantitative estimate of drug-likeness (QED) is 0.128. The number of amides is 4. The molecule has 53 heavy (non-hydrogen) atoms. The van der Waals surface area contributed by atoms with Crippen molar-refractivity contribution in [2.75, 3.05) is 32.0 Å². The molecule has 2 heterocycles. The predicted octanol–water partition coefficient (Wildman–Crippen LogP) is 2.50. The summed E-state index contributed by atoms with van der Waals surface area (Å²) in [6.45, 7) is 4.92. The molecular weight excluding hydrogens is 711 g/mol. The van der Waals surface area contributed by atoms with Crippen molar-refractivity contribution >= 4 is 41.4 Å². The van der Waals surface area contributed by atoms with E-state index < -0.39 is 76.6 Å². The Kier molecular flexibility index (Phi) is 13.9. The smallest absolute Gasteiger partial charge is 0.321 e. The van der Waals surface area contributed by atoms with Gasteiger partial charge in [-0.05, 0) is 41.7 Å². The van der Waals surface area contributed by atoms with Gasteiger partial charge in [0.2, 0.25) is 23.6 Å². The average Bonchev–Trinajstić information content (AvgIpc) is 3.63. The normalized spacial score (nSPS) is 16.4. The molecule has 1 saturated heterocycles. The maximum atomic E-state index is 15.0. The van der Waals surface area contributed by atoms with Gasteiger partial charge in [0.1, 0.15) is 24.3 Å². The van der Waals surface area contributed by atoms with E-state index in [2.05, 4.69) is 5.32 Å². The zero-order valence-corrected chi connectivity index (χ0v) is 30.7. The van der Waals surface area contributed by atoms with Gasteiger partial charge in [-0.25, -0.2) is 8.78 Å². The molecule has 16 heteroatoms. The molecule has 1 fully saturated rings. The number of nitrogens with zero attached hydrogens (tertiary/aromatic N) is 3. The molecule has 0 radical (unpaired) electrons. The Balaban J connectivity index is 1.50. The minimum absolute atomic E-state index is 0.0287. The van der Waals surface area contributed by atoms with Gasteiger partial charge in [-0.2, -0.15) is 0 Å². The number of nitrogens with two attached hydrogens (primary N) is 2. The van der Waals surface area contributed by atoms with Crippen molar-refractivity contribution < 1.29 is 43.0 Å². The largest absolute Gasteiger partial charge is 0.480 e. The Hall–Kier alpha value is -4.64. The molecule has 4 atom stereocenters. The second kappa shape index (κ2) is 17.9. The van der Waals surface area contributed by atoms with Crippen LogP contribution in [0.3, 0.4) is 0 Å². The third-order valence-electron chi connectivity index (χ3n) is 8.88. The Bertz CT molecular complexity index is 1800. The SMILES string of the molecule is CC(C)(C)[C@H](c1cc(-c2cc(F)ccc2F)cn1Cc1ccccc1)N(CC[C@H](N)C(=O)NCCN1C(=O)C[C@@H](SC[C@H](N)C(=O)O)C1=O)C(=O)CO. The number of aliphatic hydroxyl groups is 1.